The molecule has 3 heteroatoms. The number of carbonyl (C=O) groups excluding carboxylic acids is 1. The van der Waals surface area contributed by atoms with E-state index < -0.39 is 0 Å². The van der Waals surface area contributed by atoms with E-state index in [1.807, 2.05) is 0 Å². The zero-order valence-corrected chi connectivity index (χ0v) is 12.9. The minimum Gasteiger partial charge on any atom is -0.356 e. The van der Waals surface area contributed by atoms with E-state index in [0.717, 1.165) is 24.7 Å². The highest BCUT2D eigenvalue weighted by atomic mass is 79.9. The molecule has 0 aromatic carbocycles. The van der Waals surface area contributed by atoms with Gasteiger partial charge in [-0.1, -0.05) is 50.5 Å². The fourth-order valence-corrected chi connectivity index (χ4v) is 1.80. The van der Waals surface area contributed by atoms with Crippen LogP contribution in [0.3, 0.4) is 0 Å². The summed E-state index contributed by atoms with van der Waals surface area (Å²) >= 11 is 3.43. The van der Waals surface area contributed by atoms with Crippen LogP contribution in [-0.4, -0.2) is 17.8 Å². The predicted octanol–water partition coefficient (Wildman–Crippen LogP) is 3.74. The third-order valence-corrected chi connectivity index (χ3v) is 3.00. The molecular formula is C13H26BrNO. The van der Waals surface area contributed by atoms with Crippen molar-refractivity contribution in [3.63, 3.8) is 0 Å². The Balaban J connectivity index is 3.90. The summed E-state index contributed by atoms with van der Waals surface area (Å²) in [5, 5.41) is 4.07. The van der Waals surface area contributed by atoms with Gasteiger partial charge < -0.3 is 5.32 Å². The number of halogens is 1. The van der Waals surface area contributed by atoms with Gasteiger partial charge >= 0.3 is 0 Å². The average Bonchev–Trinajstić information content (AvgIpc) is 2.09. The van der Waals surface area contributed by atoms with E-state index in [4.69, 9.17) is 0 Å². The lowest BCUT2D eigenvalue weighted by Gasteiger charge is -2.26. The van der Waals surface area contributed by atoms with E-state index in [0.29, 0.717) is 6.42 Å². The molecule has 0 aliphatic heterocycles. The largest absolute Gasteiger partial charge is 0.356 e. The molecule has 1 amide bonds. The van der Waals surface area contributed by atoms with E-state index in [2.05, 4.69) is 55.9 Å². The number of rotatable bonds is 6. The van der Waals surface area contributed by atoms with Crippen molar-refractivity contribution >= 4 is 21.8 Å². The van der Waals surface area contributed by atoms with Gasteiger partial charge in [-0.25, -0.2) is 0 Å². The number of hydrogen-bond donors (Lipinski definition) is 1. The van der Waals surface area contributed by atoms with Gasteiger partial charge in [0.05, 0.1) is 0 Å². The number of alkyl halides is 1. The Hall–Kier alpha value is -0.0500. The molecule has 0 aliphatic rings. The first-order chi connectivity index (χ1) is 7.16. The first-order valence-electron chi connectivity index (χ1n) is 5.99. The minimum atomic E-state index is 0.0735. The summed E-state index contributed by atoms with van der Waals surface area (Å²) in [7, 11) is 0. The van der Waals surface area contributed by atoms with Crippen LogP contribution in [0.4, 0.5) is 0 Å². The van der Waals surface area contributed by atoms with Crippen LogP contribution in [0.2, 0.25) is 0 Å². The Kier molecular flexibility index (Phi) is 6.61. The standard InChI is InChI=1S/C13H26BrNO/c1-12(2,3)9-11(16)15-10-13(4,5)7-6-8-14/h6-10H2,1-5H3,(H,15,16). The van der Waals surface area contributed by atoms with Gasteiger partial charge in [-0.3, -0.25) is 4.79 Å². The maximum atomic E-state index is 11.7. The van der Waals surface area contributed by atoms with E-state index in [9.17, 15) is 4.79 Å². The average molecular weight is 292 g/mol. The molecule has 0 radical (unpaired) electrons. The molecule has 0 aromatic rings. The summed E-state index contributed by atoms with van der Waals surface area (Å²) in [4.78, 5) is 11.7. The Labute approximate surface area is 109 Å². The van der Waals surface area contributed by atoms with Gasteiger partial charge in [-0.05, 0) is 23.7 Å². The lowest BCUT2D eigenvalue weighted by molar-refractivity contribution is -0.123. The van der Waals surface area contributed by atoms with Crippen molar-refractivity contribution in [3.8, 4) is 0 Å². The molecule has 0 unspecified atom stereocenters. The zero-order valence-electron chi connectivity index (χ0n) is 11.3. The molecule has 0 rings (SSSR count). The van der Waals surface area contributed by atoms with Crippen molar-refractivity contribution in [1.82, 2.24) is 5.32 Å². The molecule has 0 saturated carbocycles. The maximum absolute atomic E-state index is 11.7. The van der Waals surface area contributed by atoms with Crippen molar-refractivity contribution in [2.45, 2.75) is 53.9 Å². The second-order valence-electron chi connectivity index (χ2n) is 6.47. The third-order valence-electron chi connectivity index (χ3n) is 2.44. The van der Waals surface area contributed by atoms with Crippen LogP contribution in [0, 0.1) is 10.8 Å². The predicted molar refractivity (Wildman–Crippen MR) is 73.9 cm³/mol. The minimum absolute atomic E-state index is 0.0735. The SMILES string of the molecule is CC(C)(C)CC(=O)NCC(C)(C)CCCBr. The van der Waals surface area contributed by atoms with Crippen molar-refractivity contribution < 1.29 is 4.79 Å². The molecular weight excluding hydrogens is 266 g/mol. The third kappa shape index (κ3) is 9.20. The summed E-state index contributed by atoms with van der Waals surface area (Å²) in [6.45, 7) is 11.4. The van der Waals surface area contributed by atoms with E-state index in [-0.39, 0.29) is 16.7 Å². The highest BCUT2D eigenvalue weighted by molar-refractivity contribution is 9.09. The van der Waals surface area contributed by atoms with Gasteiger partial charge in [0.15, 0.2) is 0 Å². The second-order valence-corrected chi connectivity index (χ2v) is 7.26. The van der Waals surface area contributed by atoms with Crippen LogP contribution >= 0.6 is 15.9 Å². The topological polar surface area (TPSA) is 29.1 Å². The second kappa shape index (κ2) is 6.63. The van der Waals surface area contributed by atoms with Gasteiger partial charge in [0.25, 0.3) is 0 Å². The van der Waals surface area contributed by atoms with Gasteiger partial charge in [0.1, 0.15) is 0 Å². The summed E-state index contributed by atoms with van der Waals surface area (Å²) in [5.41, 5.74) is 0.269. The Morgan fingerprint density at radius 2 is 1.75 bits per heavy atom. The first-order valence-corrected chi connectivity index (χ1v) is 7.11. The Morgan fingerprint density at radius 3 is 2.19 bits per heavy atom. The van der Waals surface area contributed by atoms with Gasteiger partial charge in [0, 0.05) is 18.3 Å². The Bertz CT molecular complexity index is 218. The van der Waals surface area contributed by atoms with Crippen molar-refractivity contribution in [2.75, 3.05) is 11.9 Å². The summed E-state index contributed by atoms with van der Waals surface area (Å²) < 4.78 is 0. The van der Waals surface area contributed by atoms with E-state index in [1.54, 1.807) is 0 Å². The molecule has 0 heterocycles. The van der Waals surface area contributed by atoms with Crippen LogP contribution in [0.15, 0.2) is 0 Å². The Morgan fingerprint density at radius 1 is 1.19 bits per heavy atom. The fourth-order valence-electron chi connectivity index (χ4n) is 1.52. The number of nitrogens with one attached hydrogen (secondary N) is 1. The quantitative estimate of drug-likeness (QED) is 0.742. The molecule has 2 nitrogen and oxygen atoms in total. The summed E-state index contributed by atoms with van der Waals surface area (Å²) in [5.74, 6) is 0.166. The highest BCUT2D eigenvalue weighted by Crippen LogP contribution is 2.22. The number of hydrogen-bond acceptors (Lipinski definition) is 1. The van der Waals surface area contributed by atoms with Crippen molar-refractivity contribution in [2.24, 2.45) is 10.8 Å². The van der Waals surface area contributed by atoms with Gasteiger partial charge in [0.2, 0.25) is 5.91 Å². The lowest BCUT2D eigenvalue weighted by atomic mass is 9.87. The van der Waals surface area contributed by atoms with Gasteiger partial charge in [-0.2, -0.15) is 0 Å². The van der Waals surface area contributed by atoms with Gasteiger partial charge in [-0.15, -0.1) is 0 Å². The van der Waals surface area contributed by atoms with Crippen LogP contribution in [0.1, 0.15) is 53.9 Å². The van der Waals surface area contributed by atoms with E-state index >= 15 is 0 Å². The summed E-state index contributed by atoms with van der Waals surface area (Å²) in [6.07, 6.45) is 2.89. The fraction of sp³-hybridized carbons (Fsp3) is 0.923. The van der Waals surface area contributed by atoms with E-state index in [1.165, 1.54) is 0 Å². The molecule has 0 atom stereocenters. The molecule has 0 spiro atoms. The molecule has 1 N–H and O–H groups in total. The molecule has 0 aromatic heterocycles. The molecule has 0 saturated heterocycles. The smallest absolute Gasteiger partial charge is 0.220 e. The molecule has 96 valence electrons. The first kappa shape index (κ1) is 16.0. The van der Waals surface area contributed by atoms with Crippen LogP contribution in [0.5, 0.6) is 0 Å². The van der Waals surface area contributed by atoms with Crippen LogP contribution in [0.25, 0.3) is 0 Å². The monoisotopic (exact) mass is 291 g/mol. The highest BCUT2D eigenvalue weighted by Gasteiger charge is 2.20. The van der Waals surface area contributed by atoms with Crippen LogP contribution < -0.4 is 5.32 Å². The molecule has 16 heavy (non-hydrogen) atoms. The summed E-state index contributed by atoms with van der Waals surface area (Å²) in [6, 6.07) is 0. The lowest BCUT2D eigenvalue weighted by Crippen LogP contribution is -2.35. The van der Waals surface area contributed by atoms with Crippen molar-refractivity contribution in [3.05, 3.63) is 0 Å². The zero-order chi connectivity index (χ0) is 12.8. The maximum Gasteiger partial charge on any atom is 0.220 e. The number of amides is 1. The molecule has 0 bridgehead atoms. The number of carbonyl (C=O) groups is 1. The molecule has 0 aliphatic carbocycles. The van der Waals surface area contributed by atoms with Crippen molar-refractivity contribution in [1.29, 1.82) is 0 Å². The molecule has 0 fully saturated rings. The normalized spacial score (nSPS) is 12.6. The van der Waals surface area contributed by atoms with Crippen LogP contribution in [-0.2, 0) is 4.79 Å².